The summed E-state index contributed by atoms with van der Waals surface area (Å²) in [5, 5.41) is 0. The van der Waals surface area contributed by atoms with Gasteiger partial charge >= 0.3 is 0 Å². The fourth-order valence-electron chi connectivity index (χ4n) is 1.76. The number of hydrogen-bond donors (Lipinski definition) is 1. The summed E-state index contributed by atoms with van der Waals surface area (Å²) in [6.07, 6.45) is 1.71. The molecule has 1 aliphatic heterocycles. The third-order valence-corrected chi connectivity index (χ3v) is 2.53. The van der Waals surface area contributed by atoms with Crippen molar-refractivity contribution in [2.24, 2.45) is 5.73 Å². The number of methoxy groups -OCH3 is 1. The zero-order chi connectivity index (χ0) is 11.4. The van der Waals surface area contributed by atoms with Crippen LogP contribution in [0.2, 0.25) is 0 Å². The Bertz CT molecular complexity index is 366. The maximum absolute atomic E-state index is 5.63. The van der Waals surface area contributed by atoms with Gasteiger partial charge in [0, 0.05) is 6.42 Å². The smallest absolute Gasteiger partial charge is 0.203 e. The van der Waals surface area contributed by atoms with Gasteiger partial charge in [-0.1, -0.05) is 0 Å². The molecule has 0 fully saturated rings. The van der Waals surface area contributed by atoms with Gasteiger partial charge in [-0.15, -0.1) is 0 Å². The van der Waals surface area contributed by atoms with Gasteiger partial charge in [0.15, 0.2) is 11.5 Å². The van der Waals surface area contributed by atoms with E-state index in [2.05, 4.69) is 0 Å². The third kappa shape index (κ3) is 2.22. The first kappa shape index (κ1) is 11.1. The molecule has 2 rings (SSSR count). The van der Waals surface area contributed by atoms with Crippen molar-refractivity contribution in [1.82, 2.24) is 0 Å². The maximum Gasteiger partial charge on any atom is 0.203 e. The standard InChI is InChI=1S/C12H17NO3/c1-14-10-7-9(3-4-13)8-11-12(10)16-6-2-5-15-11/h7-8H,2-6,13H2,1H3. The quantitative estimate of drug-likeness (QED) is 0.840. The minimum atomic E-state index is 0.614. The van der Waals surface area contributed by atoms with Crippen LogP contribution < -0.4 is 19.9 Å². The second-order valence-corrected chi connectivity index (χ2v) is 3.71. The predicted octanol–water partition coefficient (Wildman–Crippen LogP) is 1.36. The van der Waals surface area contributed by atoms with Crippen LogP contribution in [-0.4, -0.2) is 26.9 Å². The second-order valence-electron chi connectivity index (χ2n) is 3.71. The normalized spacial score (nSPS) is 14.4. The fraction of sp³-hybridized carbons (Fsp3) is 0.500. The topological polar surface area (TPSA) is 53.7 Å². The molecule has 2 N–H and O–H groups in total. The Kier molecular flexibility index (Phi) is 3.51. The molecule has 0 bridgehead atoms. The minimum Gasteiger partial charge on any atom is -0.493 e. The Balaban J connectivity index is 2.38. The van der Waals surface area contributed by atoms with Gasteiger partial charge in [0.2, 0.25) is 5.75 Å². The number of benzene rings is 1. The molecule has 88 valence electrons. The summed E-state index contributed by atoms with van der Waals surface area (Å²) in [6.45, 7) is 1.96. The number of fused-ring (bicyclic) bond motifs is 1. The largest absolute Gasteiger partial charge is 0.493 e. The van der Waals surface area contributed by atoms with Gasteiger partial charge in [0.1, 0.15) is 0 Å². The lowest BCUT2D eigenvalue weighted by Crippen LogP contribution is -2.04. The van der Waals surface area contributed by atoms with Crippen molar-refractivity contribution in [3.63, 3.8) is 0 Å². The Hall–Kier alpha value is -1.42. The molecule has 1 heterocycles. The molecule has 0 saturated heterocycles. The van der Waals surface area contributed by atoms with Crippen LogP contribution in [0.25, 0.3) is 0 Å². The molecular weight excluding hydrogens is 206 g/mol. The number of ether oxygens (including phenoxy) is 3. The molecule has 0 saturated carbocycles. The van der Waals surface area contributed by atoms with Gasteiger partial charge in [-0.05, 0) is 30.7 Å². The molecule has 0 spiro atoms. The first-order valence-electron chi connectivity index (χ1n) is 5.51. The van der Waals surface area contributed by atoms with E-state index in [1.807, 2.05) is 12.1 Å². The molecule has 0 amide bonds. The highest BCUT2D eigenvalue weighted by Gasteiger charge is 2.16. The Morgan fingerprint density at radius 1 is 1.31 bits per heavy atom. The predicted molar refractivity (Wildman–Crippen MR) is 61.4 cm³/mol. The van der Waals surface area contributed by atoms with Crippen LogP contribution >= 0.6 is 0 Å². The van der Waals surface area contributed by atoms with Gasteiger partial charge in [0.25, 0.3) is 0 Å². The van der Waals surface area contributed by atoms with E-state index in [9.17, 15) is 0 Å². The van der Waals surface area contributed by atoms with Gasteiger partial charge in [-0.25, -0.2) is 0 Å². The zero-order valence-corrected chi connectivity index (χ0v) is 9.49. The first-order valence-corrected chi connectivity index (χ1v) is 5.51. The Morgan fingerprint density at radius 3 is 2.88 bits per heavy atom. The van der Waals surface area contributed by atoms with E-state index < -0.39 is 0 Å². The minimum absolute atomic E-state index is 0.614. The summed E-state index contributed by atoms with van der Waals surface area (Å²) in [4.78, 5) is 0. The molecule has 1 aromatic carbocycles. The van der Waals surface area contributed by atoms with E-state index >= 15 is 0 Å². The zero-order valence-electron chi connectivity index (χ0n) is 9.49. The van der Waals surface area contributed by atoms with E-state index in [-0.39, 0.29) is 0 Å². The van der Waals surface area contributed by atoms with E-state index in [1.165, 1.54) is 0 Å². The molecule has 0 aliphatic carbocycles. The highest BCUT2D eigenvalue weighted by atomic mass is 16.5. The summed E-state index contributed by atoms with van der Waals surface area (Å²) < 4.78 is 16.6. The number of hydrogen-bond acceptors (Lipinski definition) is 4. The van der Waals surface area contributed by atoms with Crippen molar-refractivity contribution in [3.8, 4) is 17.2 Å². The van der Waals surface area contributed by atoms with Crippen LogP contribution in [0.4, 0.5) is 0 Å². The van der Waals surface area contributed by atoms with E-state index in [0.29, 0.717) is 25.5 Å². The monoisotopic (exact) mass is 223 g/mol. The van der Waals surface area contributed by atoms with E-state index in [0.717, 1.165) is 29.9 Å². The molecule has 0 radical (unpaired) electrons. The highest BCUT2D eigenvalue weighted by Crippen LogP contribution is 2.39. The molecular formula is C12H17NO3. The van der Waals surface area contributed by atoms with Crippen molar-refractivity contribution in [2.75, 3.05) is 26.9 Å². The molecule has 16 heavy (non-hydrogen) atoms. The van der Waals surface area contributed by atoms with Crippen LogP contribution in [0, 0.1) is 0 Å². The first-order chi connectivity index (χ1) is 7.85. The van der Waals surface area contributed by atoms with Crippen molar-refractivity contribution in [2.45, 2.75) is 12.8 Å². The summed E-state index contributed by atoms with van der Waals surface area (Å²) >= 11 is 0. The Labute approximate surface area is 95.3 Å². The van der Waals surface area contributed by atoms with E-state index in [4.69, 9.17) is 19.9 Å². The van der Waals surface area contributed by atoms with Crippen LogP contribution in [0.5, 0.6) is 17.2 Å². The average molecular weight is 223 g/mol. The molecule has 0 aromatic heterocycles. The summed E-state index contributed by atoms with van der Waals surface area (Å²) in [6, 6.07) is 3.94. The van der Waals surface area contributed by atoms with Crippen LogP contribution in [-0.2, 0) is 6.42 Å². The molecule has 4 nitrogen and oxygen atoms in total. The van der Waals surface area contributed by atoms with Crippen molar-refractivity contribution < 1.29 is 14.2 Å². The van der Waals surface area contributed by atoms with Gasteiger partial charge in [-0.2, -0.15) is 0 Å². The van der Waals surface area contributed by atoms with E-state index in [1.54, 1.807) is 7.11 Å². The molecule has 0 atom stereocenters. The maximum atomic E-state index is 5.63. The van der Waals surface area contributed by atoms with Crippen molar-refractivity contribution >= 4 is 0 Å². The van der Waals surface area contributed by atoms with Gasteiger partial charge in [0.05, 0.1) is 20.3 Å². The van der Waals surface area contributed by atoms with Gasteiger partial charge in [-0.3, -0.25) is 0 Å². The fourth-order valence-corrected chi connectivity index (χ4v) is 1.76. The third-order valence-electron chi connectivity index (χ3n) is 2.53. The molecule has 0 unspecified atom stereocenters. The van der Waals surface area contributed by atoms with Crippen LogP contribution in [0.3, 0.4) is 0 Å². The SMILES string of the molecule is COc1cc(CCN)cc2c1OCCCO2. The summed E-state index contributed by atoms with van der Waals surface area (Å²) in [5.74, 6) is 2.20. The molecule has 4 heteroatoms. The van der Waals surface area contributed by atoms with Gasteiger partial charge < -0.3 is 19.9 Å². The summed E-state index contributed by atoms with van der Waals surface area (Å²) in [5.41, 5.74) is 6.66. The van der Waals surface area contributed by atoms with Crippen LogP contribution in [0.1, 0.15) is 12.0 Å². The number of rotatable bonds is 3. The number of nitrogens with two attached hydrogens (primary N) is 1. The lowest BCUT2D eigenvalue weighted by molar-refractivity contribution is 0.289. The van der Waals surface area contributed by atoms with Crippen molar-refractivity contribution in [1.29, 1.82) is 0 Å². The average Bonchev–Trinajstić information content (AvgIpc) is 2.53. The lowest BCUT2D eigenvalue weighted by atomic mass is 10.1. The Morgan fingerprint density at radius 2 is 2.12 bits per heavy atom. The van der Waals surface area contributed by atoms with Crippen LogP contribution in [0.15, 0.2) is 12.1 Å². The molecule has 1 aromatic rings. The molecule has 1 aliphatic rings. The van der Waals surface area contributed by atoms with Crippen molar-refractivity contribution in [3.05, 3.63) is 17.7 Å². The highest BCUT2D eigenvalue weighted by molar-refractivity contribution is 5.54. The lowest BCUT2D eigenvalue weighted by Gasteiger charge is -2.13. The summed E-state index contributed by atoms with van der Waals surface area (Å²) in [7, 11) is 1.64. The second kappa shape index (κ2) is 5.07.